The number of carbonyl (C=O) groups is 2. The zero-order chi connectivity index (χ0) is 16.4. The molecule has 2 aliphatic rings. The first kappa shape index (κ1) is 16.3. The van der Waals surface area contributed by atoms with Crippen molar-refractivity contribution >= 4 is 23.3 Å². The molecular formula is C16H24N4O2S. The van der Waals surface area contributed by atoms with E-state index in [1.807, 2.05) is 10.3 Å². The first-order valence-electron chi connectivity index (χ1n) is 8.10. The molecule has 1 saturated heterocycles. The van der Waals surface area contributed by atoms with E-state index < -0.39 is 12.1 Å². The second kappa shape index (κ2) is 6.49. The van der Waals surface area contributed by atoms with Gasteiger partial charge in [-0.05, 0) is 67.1 Å². The molecule has 1 aliphatic carbocycles. The number of hydrogen-bond acceptors (Lipinski definition) is 4. The van der Waals surface area contributed by atoms with Gasteiger partial charge in [-0.25, -0.2) is 4.79 Å². The average molecular weight is 336 g/mol. The van der Waals surface area contributed by atoms with Crippen LogP contribution < -0.4 is 16.4 Å². The lowest BCUT2D eigenvalue weighted by molar-refractivity contribution is -0.134. The summed E-state index contributed by atoms with van der Waals surface area (Å²) in [5.41, 5.74) is 6.58. The molecule has 7 heteroatoms. The van der Waals surface area contributed by atoms with Crippen molar-refractivity contribution in [1.29, 1.82) is 0 Å². The molecule has 6 nitrogen and oxygen atoms in total. The Morgan fingerprint density at radius 2 is 2.26 bits per heavy atom. The largest absolute Gasteiger partial charge is 0.352 e. The van der Waals surface area contributed by atoms with Gasteiger partial charge in [-0.3, -0.25) is 4.79 Å². The molecule has 4 N–H and O–H groups in total. The van der Waals surface area contributed by atoms with Crippen molar-refractivity contribution in [1.82, 2.24) is 15.5 Å². The van der Waals surface area contributed by atoms with Crippen molar-refractivity contribution in [3.8, 4) is 0 Å². The highest BCUT2D eigenvalue weighted by Crippen LogP contribution is 2.56. The fourth-order valence-electron chi connectivity index (χ4n) is 3.67. The van der Waals surface area contributed by atoms with Crippen molar-refractivity contribution in [2.24, 2.45) is 11.1 Å². The van der Waals surface area contributed by atoms with Crippen LogP contribution in [0.25, 0.3) is 0 Å². The SMILES string of the molecule is CC(NC(N)=O)C(=O)N(Cc1ccsc1)C1CC12CCNCC2. The summed E-state index contributed by atoms with van der Waals surface area (Å²) in [4.78, 5) is 25.9. The predicted molar refractivity (Wildman–Crippen MR) is 90.0 cm³/mol. The van der Waals surface area contributed by atoms with Gasteiger partial charge in [-0.2, -0.15) is 11.3 Å². The van der Waals surface area contributed by atoms with Gasteiger partial charge in [0, 0.05) is 12.6 Å². The quantitative estimate of drug-likeness (QED) is 0.757. The molecule has 2 fully saturated rings. The number of urea groups is 1. The van der Waals surface area contributed by atoms with Crippen LogP contribution in [0.2, 0.25) is 0 Å². The molecule has 2 atom stereocenters. The van der Waals surface area contributed by atoms with Gasteiger partial charge in [-0.1, -0.05) is 0 Å². The van der Waals surface area contributed by atoms with Gasteiger partial charge in [0.15, 0.2) is 0 Å². The minimum Gasteiger partial charge on any atom is -0.352 e. The van der Waals surface area contributed by atoms with Crippen LogP contribution in [-0.4, -0.2) is 42.0 Å². The summed E-state index contributed by atoms with van der Waals surface area (Å²) in [5.74, 6) is -0.0459. The topological polar surface area (TPSA) is 87.5 Å². The maximum atomic E-state index is 12.9. The number of amides is 3. The van der Waals surface area contributed by atoms with Crippen LogP contribution in [0.15, 0.2) is 16.8 Å². The van der Waals surface area contributed by atoms with Crippen LogP contribution in [0.4, 0.5) is 4.79 Å². The Balaban J connectivity index is 1.74. The number of nitrogens with two attached hydrogens (primary N) is 1. The molecule has 1 aromatic heterocycles. The second-order valence-corrected chi connectivity index (χ2v) is 7.44. The highest BCUT2D eigenvalue weighted by Gasteiger charge is 2.58. The summed E-state index contributed by atoms with van der Waals surface area (Å²) in [6.45, 7) is 4.34. The highest BCUT2D eigenvalue weighted by molar-refractivity contribution is 7.07. The maximum absolute atomic E-state index is 12.9. The van der Waals surface area contributed by atoms with Gasteiger partial charge in [0.05, 0.1) is 0 Å². The molecule has 1 aliphatic heterocycles. The van der Waals surface area contributed by atoms with E-state index in [4.69, 9.17) is 5.73 Å². The molecule has 126 valence electrons. The Labute approximate surface area is 140 Å². The first-order valence-corrected chi connectivity index (χ1v) is 9.04. The number of nitrogens with one attached hydrogen (secondary N) is 2. The molecule has 2 unspecified atom stereocenters. The number of carbonyl (C=O) groups excluding carboxylic acids is 2. The standard InChI is InChI=1S/C16H24N4O2S/c1-11(19-15(17)22)14(21)20(9-12-2-7-23-10-12)13-8-16(13)3-5-18-6-4-16/h2,7,10-11,13,18H,3-6,8-9H2,1H3,(H3,17,19,22). The van der Waals surface area contributed by atoms with E-state index in [0.29, 0.717) is 6.54 Å². The molecule has 1 saturated carbocycles. The van der Waals surface area contributed by atoms with Crippen LogP contribution in [0, 0.1) is 5.41 Å². The van der Waals surface area contributed by atoms with Gasteiger partial charge < -0.3 is 21.3 Å². The minimum atomic E-state index is -0.659. The van der Waals surface area contributed by atoms with Gasteiger partial charge >= 0.3 is 6.03 Å². The van der Waals surface area contributed by atoms with E-state index in [0.717, 1.165) is 37.9 Å². The van der Waals surface area contributed by atoms with E-state index >= 15 is 0 Å². The average Bonchev–Trinajstić information content (AvgIpc) is 2.97. The van der Waals surface area contributed by atoms with Crippen molar-refractivity contribution in [2.45, 2.75) is 44.8 Å². The van der Waals surface area contributed by atoms with Crippen LogP contribution in [0.5, 0.6) is 0 Å². The Hall–Kier alpha value is -1.60. The van der Waals surface area contributed by atoms with Crippen LogP contribution in [0.3, 0.4) is 0 Å². The summed E-state index contributed by atoms with van der Waals surface area (Å²) in [5, 5.41) is 10.0. The maximum Gasteiger partial charge on any atom is 0.312 e. The van der Waals surface area contributed by atoms with E-state index in [1.165, 1.54) is 0 Å². The van der Waals surface area contributed by atoms with Gasteiger partial charge in [0.1, 0.15) is 6.04 Å². The molecule has 1 aromatic rings. The fourth-order valence-corrected chi connectivity index (χ4v) is 4.33. The highest BCUT2D eigenvalue weighted by atomic mass is 32.1. The lowest BCUT2D eigenvalue weighted by atomic mass is 9.93. The molecule has 0 bridgehead atoms. The van der Waals surface area contributed by atoms with Crippen LogP contribution in [0.1, 0.15) is 31.7 Å². The number of thiophene rings is 1. The normalized spacial score (nSPS) is 23.3. The molecule has 23 heavy (non-hydrogen) atoms. The van der Waals surface area contributed by atoms with Crippen molar-refractivity contribution < 1.29 is 9.59 Å². The number of nitrogens with zero attached hydrogens (tertiary/aromatic N) is 1. The summed E-state index contributed by atoms with van der Waals surface area (Å²) in [6, 6.07) is 1.07. The summed E-state index contributed by atoms with van der Waals surface area (Å²) < 4.78 is 0. The number of hydrogen-bond donors (Lipinski definition) is 3. The lowest BCUT2D eigenvalue weighted by Crippen LogP contribution is -2.50. The first-order chi connectivity index (χ1) is 11.0. The molecule has 0 aromatic carbocycles. The molecule has 1 spiro atoms. The molecule has 3 rings (SSSR count). The molecular weight excluding hydrogens is 312 g/mol. The van der Waals surface area contributed by atoms with E-state index in [-0.39, 0.29) is 17.4 Å². The van der Waals surface area contributed by atoms with Crippen molar-refractivity contribution in [3.05, 3.63) is 22.4 Å². The van der Waals surface area contributed by atoms with Gasteiger partial charge in [0.2, 0.25) is 5.91 Å². The minimum absolute atomic E-state index is 0.0459. The molecule has 2 heterocycles. The van der Waals surface area contributed by atoms with Crippen LogP contribution in [-0.2, 0) is 11.3 Å². The monoisotopic (exact) mass is 336 g/mol. The van der Waals surface area contributed by atoms with E-state index in [2.05, 4.69) is 22.1 Å². The number of piperidine rings is 1. The van der Waals surface area contributed by atoms with E-state index in [9.17, 15) is 9.59 Å². The second-order valence-electron chi connectivity index (χ2n) is 6.66. The third kappa shape index (κ3) is 3.50. The Morgan fingerprint density at radius 1 is 1.52 bits per heavy atom. The van der Waals surface area contributed by atoms with Crippen molar-refractivity contribution in [2.75, 3.05) is 13.1 Å². The summed E-state index contributed by atoms with van der Waals surface area (Å²) in [7, 11) is 0. The van der Waals surface area contributed by atoms with Crippen LogP contribution >= 0.6 is 11.3 Å². The third-order valence-corrected chi connectivity index (χ3v) is 5.80. The Kier molecular flexibility index (Phi) is 4.59. The Morgan fingerprint density at radius 3 is 2.87 bits per heavy atom. The molecule has 3 amide bonds. The van der Waals surface area contributed by atoms with Crippen molar-refractivity contribution in [3.63, 3.8) is 0 Å². The zero-order valence-electron chi connectivity index (χ0n) is 13.4. The fraction of sp³-hybridized carbons (Fsp3) is 0.625. The summed E-state index contributed by atoms with van der Waals surface area (Å²) in [6.07, 6.45) is 3.29. The smallest absolute Gasteiger partial charge is 0.312 e. The predicted octanol–water partition coefficient (Wildman–Crippen LogP) is 1.28. The summed E-state index contributed by atoms with van der Waals surface area (Å²) >= 11 is 1.63. The van der Waals surface area contributed by atoms with E-state index in [1.54, 1.807) is 18.3 Å². The lowest BCUT2D eigenvalue weighted by Gasteiger charge is -2.31. The Bertz CT molecular complexity index is 569. The van der Waals surface area contributed by atoms with Gasteiger partial charge in [-0.15, -0.1) is 0 Å². The third-order valence-electron chi connectivity index (χ3n) is 5.07. The molecule has 0 radical (unpaired) electrons. The number of primary amides is 1. The van der Waals surface area contributed by atoms with Gasteiger partial charge in [0.25, 0.3) is 0 Å². The number of rotatable bonds is 5. The zero-order valence-corrected chi connectivity index (χ0v) is 14.2.